The number of nitrogens with zero attached hydrogens (tertiary/aromatic N) is 2. The maximum Gasteiger partial charge on any atom is 0.213 e. The van der Waals surface area contributed by atoms with E-state index in [9.17, 15) is 0 Å². The number of nitrogens with two attached hydrogens (primary N) is 1. The van der Waals surface area contributed by atoms with Crippen LogP contribution in [0.3, 0.4) is 0 Å². The lowest BCUT2D eigenvalue weighted by atomic mass is 10.1. The Morgan fingerprint density at radius 1 is 1.18 bits per heavy atom. The molecule has 3 nitrogen and oxygen atoms in total. The van der Waals surface area contributed by atoms with Crippen LogP contribution in [0, 0.1) is 0 Å². The van der Waals surface area contributed by atoms with Crippen LogP contribution in [0.25, 0.3) is 0 Å². The van der Waals surface area contributed by atoms with Crippen molar-refractivity contribution in [3.05, 3.63) is 29.8 Å². The van der Waals surface area contributed by atoms with E-state index in [1.54, 1.807) is 0 Å². The minimum atomic E-state index is -0.270. The first-order valence-corrected chi connectivity index (χ1v) is 3.51. The molecule has 0 saturated heterocycles. The molecule has 0 aliphatic carbocycles. The van der Waals surface area contributed by atoms with Gasteiger partial charge in [0.25, 0.3) is 0 Å². The second-order valence-corrected chi connectivity index (χ2v) is 2.84. The van der Waals surface area contributed by atoms with Crippen LogP contribution in [0.5, 0.6) is 0 Å². The minimum Gasteiger partial charge on any atom is -0.399 e. The van der Waals surface area contributed by atoms with Crippen molar-refractivity contribution in [1.29, 1.82) is 0 Å². The smallest absolute Gasteiger partial charge is 0.213 e. The zero-order valence-corrected chi connectivity index (χ0v) is 6.28. The third-order valence-corrected chi connectivity index (χ3v) is 1.86. The van der Waals surface area contributed by atoms with Crippen molar-refractivity contribution in [2.75, 3.05) is 5.73 Å². The normalized spacial score (nSPS) is 18.3. The molecular formula is C8H9N3. The van der Waals surface area contributed by atoms with Gasteiger partial charge >= 0.3 is 0 Å². The topological polar surface area (TPSA) is 50.7 Å². The molecule has 0 atom stereocenters. The molecule has 1 aliphatic heterocycles. The molecule has 1 heterocycles. The second-order valence-electron chi connectivity index (χ2n) is 2.84. The zero-order chi connectivity index (χ0) is 7.90. The summed E-state index contributed by atoms with van der Waals surface area (Å²) in [5.41, 5.74) is 7.14. The van der Waals surface area contributed by atoms with Gasteiger partial charge in [-0.2, -0.15) is 10.2 Å². The van der Waals surface area contributed by atoms with E-state index >= 15 is 0 Å². The Balaban J connectivity index is 2.34. The van der Waals surface area contributed by atoms with E-state index in [1.807, 2.05) is 31.2 Å². The van der Waals surface area contributed by atoms with Crippen molar-refractivity contribution in [2.45, 2.75) is 12.6 Å². The maximum absolute atomic E-state index is 5.53. The fourth-order valence-electron chi connectivity index (χ4n) is 0.989. The van der Waals surface area contributed by atoms with E-state index in [0.29, 0.717) is 0 Å². The van der Waals surface area contributed by atoms with Crippen LogP contribution in [0.1, 0.15) is 12.5 Å². The van der Waals surface area contributed by atoms with E-state index in [-0.39, 0.29) is 5.66 Å². The number of nitrogen functional groups attached to an aromatic ring is 1. The Morgan fingerprint density at radius 2 is 1.73 bits per heavy atom. The van der Waals surface area contributed by atoms with E-state index in [0.717, 1.165) is 11.3 Å². The lowest BCUT2D eigenvalue weighted by Gasteiger charge is -2.02. The fraction of sp³-hybridized carbons (Fsp3) is 0.250. The van der Waals surface area contributed by atoms with Gasteiger partial charge in [0.2, 0.25) is 5.66 Å². The summed E-state index contributed by atoms with van der Waals surface area (Å²) in [6.45, 7) is 1.97. The Labute approximate surface area is 64.9 Å². The summed E-state index contributed by atoms with van der Waals surface area (Å²) >= 11 is 0. The molecular weight excluding hydrogens is 138 g/mol. The molecule has 0 fully saturated rings. The number of anilines is 1. The maximum atomic E-state index is 5.53. The predicted octanol–water partition coefficient (Wildman–Crippen LogP) is 1.91. The molecule has 0 amide bonds. The summed E-state index contributed by atoms with van der Waals surface area (Å²) in [6, 6.07) is 7.64. The van der Waals surface area contributed by atoms with Crippen LogP contribution in [0.2, 0.25) is 0 Å². The number of hydrogen-bond donors (Lipinski definition) is 1. The molecule has 2 rings (SSSR count). The molecule has 0 spiro atoms. The number of rotatable bonds is 1. The predicted molar refractivity (Wildman–Crippen MR) is 43.1 cm³/mol. The Hall–Kier alpha value is -1.38. The van der Waals surface area contributed by atoms with Gasteiger partial charge in [0.15, 0.2) is 0 Å². The van der Waals surface area contributed by atoms with Crippen molar-refractivity contribution in [3.8, 4) is 0 Å². The fourth-order valence-corrected chi connectivity index (χ4v) is 0.989. The first-order valence-electron chi connectivity index (χ1n) is 3.51. The van der Waals surface area contributed by atoms with Crippen molar-refractivity contribution >= 4 is 5.69 Å². The summed E-state index contributed by atoms with van der Waals surface area (Å²) in [7, 11) is 0. The van der Waals surface area contributed by atoms with Crippen molar-refractivity contribution in [2.24, 2.45) is 10.2 Å². The SMILES string of the molecule is CC1(c2ccc(N)cc2)N=N1. The highest BCUT2D eigenvalue weighted by Crippen LogP contribution is 2.38. The molecule has 0 unspecified atom stereocenters. The summed E-state index contributed by atoms with van der Waals surface area (Å²) < 4.78 is 0. The van der Waals surface area contributed by atoms with Gasteiger partial charge in [0.1, 0.15) is 0 Å². The average Bonchev–Trinajstić information content (AvgIpc) is 2.70. The van der Waals surface area contributed by atoms with Crippen LogP contribution >= 0.6 is 0 Å². The van der Waals surface area contributed by atoms with Gasteiger partial charge in [-0.15, -0.1) is 0 Å². The largest absolute Gasteiger partial charge is 0.399 e. The molecule has 1 aromatic carbocycles. The van der Waals surface area contributed by atoms with Crippen molar-refractivity contribution in [1.82, 2.24) is 0 Å². The van der Waals surface area contributed by atoms with Gasteiger partial charge in [-0.1, -0.05) is 12.1 Å². The quantitative estimate of drug-likeness (QED) is 0.606. The van der Waals surface area contributed by atoms with Gasteiger partial charge in [0.05, 0.1) is 0 Å². The minimum absolute atomic E-state index is 0.270. The van der Waals surface area contributed by atoms with Gasteiger partial charge in [-0.05, 0) is 19.1 Å². The molecule has 56 valence electrons. The zero-order valence-electron chi connectivity index (χ0n) is 6.28. The number of benzene rings is 1. The Bertz CT molecular complexity index is 294. The lowest BCUT2D eigenvalue weighted by molar-refractivity contribution is 0.729. The molecule has 1 aromatic rings. The van der Waals surface area contributed by atoms with Crippen LogP contribution in [0.4, 0.5) is 5.69 Å². The van der Waals surface area contributed by atoms with Crippen LogP contribution in [0.15, 0.2) is 34.5 Å². The van der Waals surface area contributed by atoms with E-state index in [4.69, 9.17) is 5.73 Å². The summed E-state index contributed by atoms with van der Waals surface area (Å²) in [4.78, 5) is 0. The molecule has 0 saturated carbocycles. The third-order valence-electron chi connectivity index (χ3n) is 1.86. The molecule has 3 heteroatoms. The van der Waals surface area contributed by atoms with Crippen LogP contribution in [-0.4, -0.2) is 0 Å². The Morgan fingerprint density at radius 3 is 2.18 bits per heavy atom. The van der Waals surface area contributed by atoms with Crippen molar-refractivity contribution < 1.29 is 0 Å². The first-order chi connectivity index (χ1) is 5.21. The molecule has 0 bridgehead atoms. The third kappa shape index (κ3) is 0.981. The highest BCUT2D eigenvalue weighted by atomic mass is 15.4. The standard InChI is InChI=1S/C8H9N3/c1-8(10-11-8)6-2-4-7(9)5-3-6/h2-5H,9H2,1H3. The van der Waals surface area contributed by atoms with Gasteiger partial charge in [-0.25, -0.2) is 0 Å². The molecule has 1 aliphatic rings. The molecule has 2 N–H and O–H groups in total. The van der Waals surface area contributed by atoms with Crippen LogP contribution < -0.4 is 5.73 Å². The van der Waals surface area contributed by atoms with Crippen molar-refractivity contribution in [3.63, 3.8) is 0 Å². The molecule has 11 heavy (non-hydrogen) atoms. The highest BCUT2D eigenvalue weighted by molar-refractivity contribution is 5.41. The molecule has 0 aromatic heterocycles. The monoisotopic (exact) mass is 147 g/mol. The second kappa shape index (κ2) is 1.81. The van der Waals surface area contributed by atoms with E-state index in [1.165, 1.54) is 0 Å². The summed E-state index contributed by atoms with van der Waals surface area (Å²) in [5.74, 6) is 0. The Kier molecular flexibility index (Phi) is 1.04. The van der Waals surface area contributed by atoms with Gasteiger partial charge in [0, 0.05) is 11.3 Å². The summed E-state index contributed by atoms with van der Waals surface area (Å²) in [5, 5.41) is 7.84. The number of hydrogen-bond acceptors (Lipinski definition) is 3. The van der Waals surface area contributed by atoms with Gasteiger partial charge in [-0.3, -0.25) is 0 Å². The van der Waals surface area contributed by atoms with Crippen LogP contribution in [-0.2, 0) is 5.66 Å². The highest BCUT2D eigenvalue weighted by Gasteiger charge is 2.35. The lowest BCUT2D eigenvalue weighted by Crippen LogP contribution is -2.01. The average molecular weight is 147 g/mol. The van der Waals surface area contributed by atoms with Gasteiger partial charge < -0.3 is 5.73 Å². The first kappa shape index (κ1) is 6.34. The summed E-state index contributed by atoms with van der Waals surface area (Å²) in [6.07, 6.45) is 0. The van der Waals surface area contributed by atoms with E-state index in [2.05, 4.69) is 10.2 Å². The molecule has 0 radical (unpaired) electrons. The van der Waals surface area contributed by atoms with E-state index < -0.39 is 0 Å².